The SMILES string of the molecule is NC1C2CCCC1CC(C(=O)Nc1ccccn1)C2. The topological polar surface area (TPSA) is 68.0 Å². The quantitative estimate of drug-likeness (QED) is 0.855. The Balaban J connectivity index is 1.65. The minimum Gasteiger partial charge on any atom is -0.327 e. The Morgan fingerprint density at radius 2 is 2.00 bits per heavy atom. The van der Waals surface area contributed by atoms with Crippen molar-refractivity contribution < 1.29 is 4.79 Å². The lowest BCUT2D eigenvalue weighted by molar-refractivity contribution is -0.122. The molecule has 2 aliphatic rings. The second-order valence-electron chi connectivity index (χ2n) is 5.90. The molecular formula is C15H21N3O. The summed E-state index contributed by atoms with van der Waals surface area (Å²) in [5.41, 5.74) is 6.26. The van der Waals surface area contributed by atoms with Gasteiger partial charge in [-0.05, 0) is 49.7 Å². The molecule has 4 nitrogen and oxygen atoms in total. The Labute approximate surface area is 113 Å². The lowest BCUT2D eigenvalue weighted by atomic mass is 9.65. The van der Waals surface area contributed by atoms with Gasteiger partial charge in [-0.15, -0.1) is 0 Å². The Morgan fingerprint density at radius 1 is 1.26 bits per heavy atom. The molecule has 0 spiro atoms. The molecule has 0 aromatic carbocycles. The highest BCUT2D eigenvalue weighted by atomic mass is 16.1. The summed E-state index contributed by atoms with van der Waals surface area (Å²) < 4.78 is 0. The summed E-state index contributed by atoms with van der Waals surface area (Å²) in [5.74, 6) is 1.94. The van der Waals surface area contributed by atoms with Gasteiger partial charge in [-0.2, -0.15) is 0 Å². The monoisotopic (exact) mass is 259 g/mol. The van der Waals surface area contributed by atoms with Gasteiger partial charge in [0.15, 0.2) is 0 Å². The molecule has 19 heavy (non-hydrogen) atoms. The number of anilines is 1. The normalized spacial score (nSPS) is 33.7. The third-order valence-corrected chi connectivity index (χ3v) is 4.70. The van der Waals surface area contributed by atoms with E-state index in [9.17, 15) is 4.79 Å². The van der Waals surface area contributed by atoms with Crippen molar-refractivity contribution in [1.82, 2.24) is 4.98 Å². The van der Waals surface area contributed by atoms with Crippen LogP contribution in [0.15, 0.2) is 24.4 Å². The average molecular weight is 259 g/mol. The van der Waals surface area contributed by atoms with Gasteiger partial charge < -0.3 is 11.1 Å². The maximum Gasteiger partial charge on any atom is 0.228 e. The number of aromatic nitrogens is 1. The van der Waals surface area contributed by atoms with E-state index >= 15 is 0 Å². The summed E-state index contributed by atoms with van der Waals surface area (Å²) in [5, 5.41) is 2.92. The van der Waals surface area contributed by atoms with Crippen LogP contribution < -0.4 is 11.1 Å². The number of nitrogens with two attached hydrogens (primary N) is 1. The number of carbonyl (C=O) groups is 1. The molecule has 3 N–H and O–H groups in total. The van der Waals surface area contributed by atoms with Gasteiger partial charge in [-0.1, -0.05) is 12.5 Å². The van der Waals surface area contributed by atoms with Crippen molar-refractivity contribution in [2.75, 3.05) is 5.32 Å². The number of nitrogens with one attached hydrogen (secondary N) is 1. The molecule has 0 aliphatic heterocycles. The van der Waals surface area contributed by atoms with Crippen molar-refractivity contribution in [3.05, 3.63) is 24.4 Å². The average Bonchev–Trinajstić information content (AvgIpc) is 2.39. The van der Waals surface area contributed by atoms with E-state index in [-0.39, 0.29) is 11.8 Å². The fourth-order valence-corrected chi connectivity index (χ4v) is 3.67. The van der Waals surface area contributed by atoms with Crippen LogP contribution in [0.1, 0.15) is 32.1 Å². The first-order valence-corrected chi connectivity index (χ1v) is 7.21. The fraction of sp³-hybridized carbons (Fsp3) is 0.600. The Bertz CT molecular complexity index is 434. The molecule has 2 unspecified atom stereocenters. The first kappa shape index (κ1) is 12.6. The van der Waals surface area contributed by atoms with Crippen LogP contribution in [0.5, 0.6) is 0 Å². The first-order valence-electron chi connectivity index (χ1n) is 7.21. The van der Waals surface area contributed by atoms with Gasteiger partial charge in [0.05, 0.1) is 0 Å². The van der Waals surface area contributed by atoms with Crippen LogP contribution in [0.3, 0.4) is 0 Å². The zero-order valence-corrected chi connectivity index (χ0v) is 11.1. The largest absolute Gasteiger partial charge is 0.327 e. The molecule has 1 aromatic rings. The van der Waals surface area contributed by atoms with Gasteiger partial charge in [0.2, 0.25) is 5.91 Å². The van der Waals surface area contributed by atoms with E-state index in [1.54, 1.807) is 6.20 Å². The molecule has 2 saturated carbocycles. The second kappa shape index (κ2) is 5.29. The van der Waals surface area contributed by atoms with E-state index in [2.05, 4.69) is 10.3 Å². The van der Waals surface area contributed by atoms with Crippen LogP contribution >= 0.6 is 0 Å². The van der Waals surface area contributed by atoms with Gasteiger partial charge in [-0.25, -0.2) is 4.98 Å². The molecule has 0 radical (unpaired) electrons. The molecule has 1 amide bonds. The predicted molar refractivity (Wildman–Crippen MR) is 74.4 cm³/mol. The number of rotatable bonds is 2. The number of carbonyl (C=O) groups excluding carboxylic acids is 1. The molecule has 3 rings (SSSR count). The maximum absolute atomic E-state index is 12.3. The van der Waals surface area contributed by atoms with Crippen molar-refractivity contribution in [3.8, 4) is 0 Å². The van der Waals surface area contributed by atoms with Crippen molar-refractivity contribution in [1.29, 1.82) is 0 Å². The Morgan fingerprint density at radius 3 is 2.63 bits per heavy atom. The highest BCUT2D eigenvalue weighted by Gasteiger charge is 2.40. The lowest BCUT2D eigenvalue weighted by Crippen LogP contribution is -2.48. The van der Waals surface area contributed by atoms with Gasteiger partial charge >= 0.3 is 0 Å². The second-order valence-corrected chi connectivity index (χ2v) is 5.90. The van der Waals surface area contributed by atoms with Gasteiger partial charge in [0.25, 0.3) is 0 Å². The van der Waals surface area contributed by atoms with Crippen LogP contribution in [0.25, 0.3) is 0 Å². The summed E-state index contributed by atoms with van der Waals surface area (Å²) in [4.78, 5) is 16.5. The van der Waals surface area contributed by atoms with Gasteiger partial charge in [0.1, 0.15) is 5.82 Å². The predicted octanol–water partition coefficient (Wildman–Crippen LogP) is 2.17. The fourth-order valence-electron chi connectivity index (χ4n) is 3.67. The highest BCUT2D eigenvalue weighted by Crippen LogP contribution is 2.42. The van der Waals surface area contributed by atoms with Crippen LogP contribution in [-0.4, -0.2) is 16.9 Å². The minimum atomic E-state index is 0.108. The summed E-state index contributed by atoms with van der Waals surface area (Å²) in [7, 11) is 0. The zero-order valence-electron chi connectivity index (χ0n) is 11.1. The minimum absolute atomic E-state index is 0.108. The van der Waals surface area contributed by atoms with Crippen molar-refractivity contribution in [2.24, 2.45) is 23.5 Å². The van der Waals surface area contributed by atoms with E-state index in [0.717, 1.165) is 12.8 Å². The molecule has 102 valence electrons. The molecule has 2 bridgehead atoms. The number of pyridine rings is 1. The van der Waals surface area contributed by atoms with Crippen LogP contribution in [-0.2, 0) is 4.79 Å². The summed E-state index contributed by atoms with van der Waals surface area (Å²) in [6.45, 7) is 0. The zero-order chi connectivity index (χ0) is 13.2. The van der Waals surface area contributed by atoms with E-state index in [1.807, 2.05) is 18.2 Å². The molecule has 0 saturated heterocycles. The molecular weight excluding hydrogens is 238 g/mol. The van der Waals surface area contributed by atoms with Crippen LogP contribution in [0.2, 0.25) is 0 Å². The molecule has 2 fully saturated rings. The number of fused-ring (bicyclic) bond motifs is 2. The number of nitrogens with zero attached hydrogens (tertiary/aromatic N) is 1. The molecule has 4 heteroatoms. The van der Waals surface area contributed by atoms with Crippen molar-refractivity contribution in [2.45, 2.75) is 38.1 Å². The highest BCUT2D eigenvalue weighted by molar-refractivity contribution is 5.91. The Hall–Kier alpha value is -1.42. The van der Waals surface area contributed by atoms with Crippen molar-refractivity contribution >= 4 is 11.7 Å². The smallest absolute Gasteiger partial charge is 0.228 e. The molecule has 2 aliphatic carbocycles. The van der Waals surface area contributed by atoms with E-state index < -0.39 is 0 Å². The summed E-state index contributed by atoms with van der Waals surface area (Å²) in [6.07, 6.45) is 7.22. The molecule has 1 heterocycles. The van der Waals surface area contributed by atoms with Crippen molar-refractivity contribution in [3.63, 3.8) is 0 Å². The van der Waals surface area contributed by atoms with Crippen LogP contribution in [0, 0.1) is 17.8 Å². The number of amides is 1. The van der Waals surface area contributed by atoms with E-state index in [1.165, 1.54) is 19.3 Å². The third kappa shape index (κ3) is 2.63. The van der Waals surface area contributed by atoms with Gasteiger partial charge in [0, 0.05) is 18.2 Å². The van der Waals surface area contributed by atoms with Gasteiger partial charge in [-0.3, -0.25) is 4.79 Å². The Kier molecular flexibility index (Phi) is 3.51. The summed E-state index contributed by atoms with van der Waals surface area (Å²) >= 11 is 0. The number of hydrogen-bond acceptors (Lipinski definition) is 3. The maximum atomic E-state index is 12.3. The summed E-state index contributed by atoms with van der Waals surface area (Å²) in [6, 6.07) is 5.87. The lowest BCUT2D eigenvalue weighted by Gasteiger charge is -2.43. The number of hydrogen-bond donors (Lipinski definition) is 2. The molecule has 2 atom stereocenters. The third-order valence-electron chi connectivity index (χ3n) is 4.70. The molecule has 1 aromatic heterocycles. The van der Waals surface area contributed by atoms with E-state index in [0.29, 0.717) is 23.7 Å². The first-order chi connectivity index (χ1) is 9.24. The van der Waals surface area contributed by atoms with Crippen LogP contribution in [0.4, 0.5) is 5.82 Å². The standard InChI is InChI=1S/C15H21N3O/c16-14-10-4-3-5-11(14)9-12(8-10)15(19)18-13-6-1-2-7-17-13/h1-2,6-7,10-12,14H,3-5,8-9,16H2,(H,17,18,19). The van der Waals surface area contributed by atoms with E-state index in [4.69, 9.17) is 5.73 Å².